The summed E-state index contributed by atoms with van der Waals surface area (Å²) in [6.07, 6.45) is 0.238. The lowest BCUT2D eigenvalue weighted by atomic mass is 9.99. The zero-order valence-electron chi connectivity index (χ0n) is 25.7. The van der Waals surface area contributed by atoms with Crippen LogP contribution in [0.25, 0.3) is 0 Å². The molecule has 8 nitrogen and oxygen atoms in total. The van der Waals surface area contributed by atoms with E-state index in [0.717, 1.165) is 11.1 Å². The second-order valence-electron chi connectivity index (χ2n) is 11.3. The van der Waals surface area contributed by atoms with Crippen LogP contribution in [0.5, 0.6) is 11.5 Å². The minimum atomic E-state index is -4.44. The topological polar surface area (TPSA) is 132 Å². The van der Waals surface area contributed by atoms with Crippen molar-refractivity contribution in [2.75, 3.05) is 11.5 Å². The molecule has 0 aromatic heterocycles. The summed E-state index contributed by atoms with van der Waals surface area (Å²) in [5.41, 5.74) is 5.07. The van der Waals surface area contributed by atoms with E-state index >= 15 is 0 Å². The molecule has 1 N–H and O–H groups in total. The summed E-state index contributed by atoms with van der Waals surface area (Å²) in [7, 11) is -8.42. The van der Waals surface area contributed by atoms with Gasteiger partial charge in [-0.1, -0.05) is 66.2 Å². The second-order valence-corrected chi connectivity index (χ2v) is 14.9. The molecule has 0 atom stereocenters. The third-order valence-corrected chi connectivity index (χ3v) is 10.3. The fraction of sp³-hybridized carbons (Fsp3) is 0.135. The third-order valence-electron chi connectivity index (χ3n) is 7.56. The Balaban J connectivity index is 1.23. The van der Waals surface area contributed by atoms with Crippen LogP contribution in [-0.2, 0) is 26.4 Å². The van der Waals surface area contributed by atoms with E-state index in [2.05, 4.69) is 0 Å². The van der Waals surface area contributed by atoms with Crippen molar-refractivity contribution in [1.82, 2.24) is 0 Å². The molecule has 0 aliphatic rings. The van der Waals surface area contributed by atoms with Crippen LogP contribution in [0.1, 0.15) is 54.1 Å². The Hall–Kier alpha value is -4.90. The van der Waals surface area contributed by atoms with Crippen LogP contribution in [0.2, 0.25) is 0 Å². The van der Waals surface area contributed by atoms with Gasteiger partial charge in [-0.3, -0.25) is 14.1 Å². The number of rotatable bonds is 12. The molecule has 0 aliphatic carbocycles. The van der Waals surface area contributed by atoms with E-state index in [1.807, 2.05) is 19.1 Å². The highest BCUT2D eigenvalue weighted by molar-refractivity contribution is 7.93. The summed E-state index contributed by atoms with van der Waals surface area (Å²) >= 11 is 0. The van der Waals surface area contributed by atoms with Crippen LogP contribution < -0.4 is 4.74 Å². The molecule has 0 saturated carbocycles. The predicted octanol–water partition coefficient (Wildman–Crippen LogP) is 6.81. The largest absolute Gasteiger partial charge is 0.457 e. The van der Waals surface area contributed by atoms with Crippen LogP contribution in [0.3, 0.4) is 0 Å². The summed E-state index contributed by atoms with van der Waals surface area (Å²) in [6.45, 7) is 3.70. The Morgan fingerprint density at radius 3 is 1.47 bits per heavy atom. The first kappa shape index (κ1) is 33.5. The van der Waals surface area contributed by atoms with Crippen molar-refractivity contribution in [2.45, 2.75) is 25.2 Å². The normalized spacial score (nSPS) is 11.6. The van der Waals surface area contributed by atoms with Gasteiger partial charge in [0.2, 0.25) is 0 Å². The first-order chi connectivity index (χ1) is 22.3. The molecule has 5 aromatic carbocycles. The van der Waals surface area contributed by atoms with Gasteiger partial charge in [0.25, 0.3) is 10.1 Å². The van der Waals surface area contributed by atoms with Crippen molar-refractivity contribution in [3.8, 4) is 11.5 Å². The molecule has 0 unspecified atom stereocenters. The molecule has 10 heteroatoms. The Morgan fingerprint density at radius 1 is 0.574 bits per heavy atom. The van der Waals surface area contributed by atoms with Gasteiger partial charge in [-0.15, -0.1) is 0 Å². The molecule has 0 radical (unpaired) electrons. The SMILES string of the molecule is Cc1ccc(C(=O)c2ccc(Oc3ccc(C(=O)c4ccc(Cc5ccc(C)cc5S(=O)(=O)CCS(=O)(=O)O)cc4)cc3)cc2)cc1. The summed E-state index contributed by atoms with van der Waals surface area (Å²) in [5, 5.41) is 0. The number of carbonyl (C=O) groups excluding carboxylic acids is 2. The van der Waals surface area contributed by atoms with Gasteiger partial charge in [0.05, 0.1) is 16.4 Å². The number of hydrogen-bond donors (Lipinski definition) is 1. The Morgan fingerprint density at radius 2 is 1.00 bits per heavy atom. The first-order valence-electron chi connectivity index (χ1n) is 14.7. The lowest BCUT2D eigenvalue weighted by Crippen LogP contribution is -2.18. The van der Waals surface area contributed by atoms with Gasteiger partial charge in [-0.2, -0.15) is 8.42 Å². The number of benzene rings is 5. The van der Waals surface area contributed by atoms with Gasteiger partial charge in [0, 0.05) is 22.3 Å². The standard InChI is InChI=1S/C37H32O8S2/c1-25-3-8-28(9-4-25)36(38)30-13-17-33(18-14-30)45-34-19-15-31(16-20-34)37(39)29-11-6-27(7-12-29)24-32-10-5-26(2)23-35(32)46(40,41)21-22-47(42,43)44/h3-20,23H,21-22,24H2,1-2H3,(H,42,43,44). The molecule has 0 fully saturated rings. The number of sulfone groups is 1. The molecule has 0 amide bonds. The van der Waals surface area contributed by atoms with E-state index in [-0.39, 0.29) is 22.9 Å². The number of hydrogen-bond acceptors (Lipinski definition) is 7. The molecule has 0 saturated heterocycles. The number of ketones is 2. The van der Waals surface area contributed by atoms with Crippen LogP contribution >= 0.6 is 0 Å². The average molecular weight is 669 g/mol. The molecule has 0 aliphatic heterocycles. The van der Waals surface area contributed by atoms with Gasteiger partial charge < -0.3 is 4.74 Å². The van der Waals surface area contributed by atoms with E-state index in [0.29, 0.717) is 44.9 Å². The predicted molar refractivity (Wildman–Crippen MR) is 180 cm³/mol. The highest BCUT2D eigenvalue weighted by Crippen LogP contribution is 2.25. The molecule has 47 heavy (non-hydrogen) atoms. The molecular formula is C37H32O8S2. The Bertz CT molecular complexity index is 2130. The zero-order chi connectivity index (χ0) is 33.8. The molecule has 0 spiro atoms. The molecular weight excluding hydrogens is 637 g/mol. The minimum Gasteiger partial charge on any atom is -0.457 e. The Kier molecular flexibility index (Phi) is 9.85. The van der Waals surface area contributed by atoms with E-state index in [4.69, 9.17) is 9.29 Å². The molecule has 0 heterocycles. The van der Waals surface area contributed by atoms with Crippen LogP contribution in [0.4, 0.5) is 0 Å². The van der Waals surface area contributed by atoms with E-state index in [1.54, 1.807) is 104 Å². The lowest BCUT2D eigenvalue weighted by Gasteiger charge is -2.12. The van der Waals surface area contributed by atoms with Gasteiger partial charge in [0.1, 0.15) is 11.5 Å². The van der Waals surface area contributed by atoms with Crippen molar-refractivity contribution in [3.63, 3.8) is 0 Å². The van der Waals surface area contributed by atoms with Crippen molar-refractivity contribution >= 4 is 31.5 Å². The number of aryl methyl sites for hydroxylation is 2. The fourth-order valence-electron chi connectivity index (χ4n) is 4.94. The van der Waals surface area contributed by atoms with Gasteiger partial charge in [0.15, 0.2) is 21.4 Å². The van der Waals surface area contributed by atoms with Gasteiger partial charge in [-0.05, 0) is 91.6 Å². The smallest absolute Gasteiger partial charge is 0.265 e. The summed E-state index contributed by atoms with van der Waals surface area (Å²) in [4.78, 5) is 25.9. The fourth-order valence-corrected chi connectivity index (χ4v) is 7.78. The maximum atomic E-state index is 13.2. The maximum absolute atomic E-state index is 13.2. The van der Waals surface area contributed by atoms with E-state index in [1.165, 1.54) is 6.07 Å². The third kappa shape index (κ3) is 8.68. The molecule has 5 rings (SSSR count). The van der Waals surface area contributed by atoms with Crippen molar-refractivity contribution in [2.24, 2.45) is 0 Å². The molecule has 5 aromatic rings. The Labute approximate surface area is 274 Å². The average Bonchev–Trinajstić information content (AvgIpc) is 3.05. The van der Waals surface area contributed by atoms with Gasteiger partial charge >= 0.3 is 0 Å². The van der Waals surface area contributed by atoms with Gasteiger partial charge in [-0.25, -0.2) is 8.42 Å². The first-order valence-corrected chi connectivity index (χ1v) is 17.9. The number of carbonyl (C=O) groups is 2. The number of ether oxygens (including phenoxy) is 1. The molecule has 0 bridgehead atoms. The van der Waals surface area contributed by atoms with E-state index in [9.17, 15) is 26.4 Å². The summed E-state index contributed by atoms with van der Waals surface area (Å²) in [5.74, 6) is -0.837. The summed E-state index contributed by atoms with van der Waals surface area (Å²) in [6, 6.07) is 32.7. The highest BCUT2D eigenvalue weighted by atomic mass is 32.2. The van der Waals surface area contributed by atoms with Crippen molar-refractivity contribution in [3.05, 3.63) is 160 Å². The van der Waals surface area contributed by atoms with Crippen molar-refractivity contribution < 1.29 is 35.7 Å². The van der Waals surface area contributed by atoms with E-state index < -0.39 is 31.5 Å². The summed E-state index contributed by atoms with van der Waals surface area (Å²) < 4.78 is 63.1. The second kappa shape index (κ2) is 13.8. The highest BCUT2D eigenvalue weighted by Gasteiger charge is 2.22. The monoisotopic (exact) mass is 668 g/mol. The van der Waals surface area contributed by atoms with Crippen LogP contribution in [-0.4, -0.2) is 44.5 Å². The quantitative estimate of drug-likeness (QED) is 0.113. The zero-order valence-corrected chi connectivity index (χ0v) is 27.3. The van der Waals surface area contributed by atoms with Crippen LogP contribution in [0.15, 0.2) is 120 Å². The maximum Gasteiger partial charge on any atom is 0.265 e. The molecule has 240 valence electrons. The van der Waals surface area contributed by atoms with Crippen LogP contribution in [0, 0.1) is 13.8 Å². The minimum absolute atomic E-state index is 0.00953. The lowest BCUT2D eigenvalue weighted by molar-refractivity contribution is 0.103. The van der Waals surface area contributed by atoms with Crippen molar-refractivity contribution in [1.29, 1.82) is 0 Å².